The lowest BCUT2D eigenvalue weighted by Crippen LogP contribution is -2.22. The molecule has 10 aromatic carbocycles. The highest BCUT2D eigenvalue weighted by atomic mass is 16.5. The second-order valence-electron chi connectivity index (χ2n) is 21.9. The predicted molar refractivity (Wildman–Crippen MR) is 315 cm³/mol. The molecule has 13 N–H and O–H groups in total. The number of aromatic hydroxyl groups is 13. The largest absolute Gasteiger partial charge is 0.508 e. The summed E-state index contributed by atoms with van der Waals surface area (Å²) in [4.78, 5) is 0. The van der Waals surface area contributed by atoms with E-state index in [2.05, 4.69) is 0 Å². The zero-order chi connectivity index (χ0) is 59.1. The molecular weight excluding hydrogens is 1080 g/mol. The first-order valence-electron chi connectivity index (χ1n) is 27.3. The summed E-state index contributed by atoms with van der Waals surface area (Å²) < 4.78 is 13.8. The minimum atomic E-state index is -1.13. The Morgan fingerprint density at radius 3 is 1.26 bits per heavy atom. The molecule has 10 aromatic rings. The van der Waals surface area contributed by atoms with Crippen LogP contribution in [0.1, 0.15) is 126 Å². The summed E-state index contributed by atoms with van der Waals surface area (Å²) in [5.41, 5.74) is 6.38. The molecule has 0 saturated heterocycles. The molecule has 8 atom stereocenters. The van der Waals surface area contributed by atoms with Crippen LogP contribution in [0.5, 0.6) is 86.2 Å². The van der Waals surface area contributed by atoms with Crippen LogP contribution in [0.2, 0.25) is 0 Å². The second-order valence-corrected chi connectivity index (χ2v) is 21.9. The molecule has 2 heterocycles. The van der Waals surface area contributed by atoms with Crippen LogP contribution in [0.3, 0.4) is 0 Å². The van der Waals surface area contributed by atoms with Crippen molar-refractivity contribution in [3.05, 3.63) is 266 Å². The van der Waals surface area contributed by atoms with Gasteiger partial charge in [0.1, 0.15) is 98.5 Å². The van der Waals surface area contributed by atoms with Crippen molar-refractivity contribution in [2.45, 2.75) is 47.7 Å². The van der Waals surface area contributed by atoms with Gasteiger partial charge in [-0.2, -0.15) is 0 Å². The van der Waals surface area contributed by atoms with Crippen molar-refractivity contribution >= 4 is 12.2 Å². The molecule has 8 unspecified atom stereocenters. The Bertz CT molecular complexity index is 4220. The molecule has 15 nitrogen and oxygen atoms in total. The van der Waals surface area contributed by atoms with Crippen LogP contribution >= 0.6 is 0 Å². The van der Waals surface area contributed by atoms with Gasteiger partial charge in [-0.3, -0.25) is 0 Å². The van der Waals surface area contributed by atoms with Gasteiger partial charge in [-0.05, 0) is 153 Å². The van der Waals surface area contributed by atoms with E-state index in [0.29, 0.717) is 72.3 Å². The van der Waals surface area contributed by atoms with E-state index >= 15 is 0 Å². The van der Waals surface area contributed by atoms with Gasteiger partial charge in [0.15, 0.2) is 0 Å². The van der Waals surface area contributed by atoms with Crippen molar-refractivity contribution in [3.8, 4) is 86.2 Å². The normalized spacial score (nSPS) is 19.6. The molecule has 0 bridgehead atoms. The number of hydrogen-bond acceptors (Lipinski definition) is 15. The van der Waals surface area contributed by atoms with E-state index < -0.39 is 47.7 Å². The number of fused-ring (bicyclic) bond motifs is 3. The molecule has 0 spiro atoms. The average molecular weight is 1140 g/mol. The van der Waals surface area contributed by atoms with Crippen LogP contribution < -0.4 is 9.47 Å². The quantitative estimate of drug-likeness (QED) is 0.0536. The topological polar surface area (TPSA) is 281 Å². The lowest BCUT2D eigenvalue weighted by Gasteiger charge is -2.36. The Morgan fingerprint density at radius 1 is 0.318 bits per heavy atom. The Balaban J connectivity index is 1.15. The Hall–Kier alpha value is -11.1. The van der Waals surface area contributed by atoms with Gasteiger partial charge in [0, 0.05) is 76.3 Å². The number of benzene rings is 10. The maximum absolute atomic E-state index is 13.4. The zero-order valence-corrected chi connectivity index (χ0v) is 44.8. The first kappa shape index (κ1) is 53.3. The van der Waals surface area contributed by atoms with E-state index in [0.717, 1.165) is 0 Å². The molecular formula is C70H54O15. The second kappa shape index (κ2) is 20.7. The minimum absolute atomic E-state index is 0.0133. The molecule has 3 aliphatic rings. The Labute approximate surface area is 485 Å². The third-order valence-corrected chi connectivity index (χ3v) is 16.8. The van der Waals surface area contributed by atoms with Gasteiger partial charge in [-0.25, -0.2) is 0 Å². The van der Waals surface area contributed by atoms with E-state index in [9.17, 15) is 66.4 Å². The number of ether oxygens (including phenoxy) is 2. The first-order valence-corrected chi connectivity index (χ1v) is 27.3. The molecule has 0 fully saturated rings. The first-order chi connectivity index (χ1) is 40.9. The minimum Gasteiger partial charge on any atom is -0.508 e. The van der Waals surface area contributed by atoms with Gasteiger partial charge in [0.2, 0.25) is 0 Å². The smallest absolute Gasteiger partial charge is 0.135 e. The monoisotopic (exact) mass is 1130 g/mol. The van der Waals surface area contributed by atoms with Crippen LogP contribution in [0, 0.1) is 0 Å². The van der Waals surface area contributed by atoms with Crippen molar-refractivity contribution in [2.24, 2.45) is 0 Å². The van der Waals surface area contributed by atoms with Crippen molar-refractivity contribution in [1.82, 2.24) is 0 Å². The summed E-state index contributed by atoms with van der Waals surface area (Å²) in [6.45, 7) is 0. The summed E-state index contributed by atoms with van der Waals surface area (Å²) in [5, 5.41) is 148. The van der Waals surface area contributed by atoms with Crippen molar-refractivity contribution in [2.75, 3.05) is 0 Å². The SMILES string of the molecule is Oc1ccc(C=Cc2c3c(cc(O)c2C(c2ccc(O)cc2)C2c4cc(O)cc(O)c4C(c4ccc(O)cc4)C2c2cc(O)cc4c2C(c2cc(O)cc(O)c2)C(c2ccc(O)cc2)O4)OC(c2ccc(O)cc2)C3c2cc(O)cc(O)c2)cc1. The molecule has 15 heteroatoms. The molecule has 0 radical (unpaired) electrons. The van der Waals surface area contributed by atoms with Gasteiger partial charge < -0.3 is 75.9 Å². The van der Waals surface area contributed by atoms with Gasteiger partial charge >= 0.3 is 0 Å². The van der Waals surface area contributed by atoms with Crippen LogP contribution in [-0.4, -0.2) is 66.4 Å². The average Bonchev–Trinajstić information content (AvgIpc) is 2.42. The maximum atomic E-state index is 13.4. The standard InChI is InChI=1S/C70H54O15/c71-41-12-1-34(2-13-41)3-22-52-63(56(83)33-58-65(52)61(39-23-46(76)27-47(77)24-39)69(85-58)37-8-18-44(74)19-9-37)59(35-4-14-42(72)15-5-35)67-53-29-50(80)31-55(82)64(53)60(36-6-16-43(73)17-7-36)68(67)54-30-51(81)32-57-66(54)62(40-25-48(78)28-49(79)26-40)70(84-57)38-10-20-45(75)21-11-38/h1-33,59-62,67-83H. The Kier molecular flexibility index (Phi) is 13.0. The third kappa shape index (κ3) is 9.56. The van der Waals surface area contributed by atoms with Crippen molar-refractivity contribution < 1.29 is 75.9 Å². The molecule has 0 saturated carbocycles. The predicted octanol–water partition coefficient (Wildman–Crippen LogP) is 13.4. The van der Waals surface area contributed by atoms with Gasteiger partial charge in [0.25, 0.3) is 0 Å². The zero-order valence-electron chi connectivity index (χ0n) is 44.8. The molecule has 0 aromatic heterocycles. The van der Waals surface area contributed by atoms with Gasteiger partial charge in [-0.15, -0.1) is 0 Å². The number of phenols is 13. The van der Waals surface area contributed by atoms with Crippen molar-refractivity contribution in [3.63, 3.8) is 0 Å². The van der Waals surface area contributed by atoms with Crippen LogP contribution in [0.25, 0.3) is 12.2 Å². The highest BCUT2D eigenvalue weighted by Gasteiger charge is 2.53. The number of phenolic OH excluding ortho intramolecular Hbond substituents is 13. The molecule has 13 rings (SSSR count). The molecule has 2 aliphatic heterocycles. The molecule has 424 valence electrons. The fourth-order valence-electron chi connectivity index (χ4n) is 13.5. The highest BCUT2D eigenvalue weighted by Crippen LogP contribution is 2.68. The fraction of sp³-hybridized carbons (Fsp3) is 0.114. The van der Waals surface area contributed by atoms with Crippen LogP contribution in [0.4, 0.5) is 0 Å². The van der Waals surface area contributed by atoms with Gasteiger partial charge in [0.05, 0.1) is 11.8 Å². The van der Waals surface area contributed by atoms with E-state index in [1.165, 1.54) is 115 Å². The lowest BCUT2D eigenvalue weighted by atomic mass is 9.66. The third-order valence-electron chi connectivity index (χ3n) is 16.8. The fourth-order valence-corrected chi connectivity index (χ4v) is 13.5. The summed E-state index contributed by atoms with van der Waals surface area (Å²) in [6.07, 6.45) is 1.73. The molecule has 85 heavy (non-hydrogen) atoms. The number of rotatable bonds is 11. The lowest BCUT2D eigenvalue weighted by molar-refractivity contribution is 0.221. The summed E-state index contributed by atoms with van der Waals surface area (Å²) in [5.74, 6) is -7.85. The summed E-state index contributed by atoms with van der Waals surface area (Å²) in [7, 11) is 0. The Morgan fingerprint density at radius 2 is 0.741 bits per heavy atom. The molecule has 0 amide bonds. The summed E-state index contributed by atoms with van der Waals surface area (Å²) >= 11 is 0. The van der Waals surface area contributed by atoms with E-state index in [-0.39, 0.29) is 91.8 Å². The van der Waals surface area contributed by atoms with Crippen molar-refractivity contribution in [1.29, 1.82) is 0 Å². The summed E-state index contributed by atoms with van der Waals surface area (Å²) in [6, 6.07) is 47.7. The van der Waals surface area contributed by atoms with E-state index in [4.69, 9.17) is 9.47 Å². The van der Waals surface area contributed by atoms with E-state index in [1.54, 1.807) is 84.9 Å². The van der Waals surface area contributed by atoms with Gasteiger partial charge in [-0.1, -0.05) is 72.8 Å². The number of hydrogen-bond donors (Lipinski definition) is 13. The van der Waals surface area contributed by atoms with Crippen LogP contribution in [0.15, 0.2) is 188 Å². The van der Waals surface area contributed by atoms with Crippen LogP contribution in [-0.2, 0) is 0 Å². The molecule has 1 aliphatic carbocycles. The van der Waals surface area contributed by atoms with E-state index in [1.807, 2.05) is 0 Å². The highest BCUT2D eigenvalue weighted by molar-refractivity contribution is 5.80. The maximum Gasteiger partial charge on any atom is 0.135 e.